The summed E-state index contributed by atoms with van der Waals surface area (Å²) in [6, 6.07) is 21.3. The summed E-state index contributed by atoms with van der Waals surface area (Å²) in [5, 5.41) is 1.49. The van der Waals surface area contributed by atoms with Gasteiger partial charge in [0.1, 0.15) is 12.1 Å². The van der Waals surface area contributed by atoms with Crippen molar-refractivity contribution in [3.63, 3.8) is 0 Å². The maximum absolute atomic E-state index is 13.9. The number of nitrogens with zero attached hydrogens (tertiary/aromatic N) is 2. The molecule has 0 bridgehead atoms. The maximum atomic E-state index is 13.9. The summed E-state index contributed by atoms with van der Waals surface area (Å²) in [6.45, 7) is 6.66. The quantitative estimate of drug-likeness (QED) is 0.129. The molecule has 1 saturated heterocycles. The Hall–Kier alpha value is -3.96. The van der Waals surface area contributed by atoms with Crippen molar-refractivity contribution in [3.05, 3.63) is 106 Å². The van der Waals surface area contributed by atoms with Crippen LogP contribution in [0, 0.1) is 0 Å². The lowest BCUT2D eigenvalue weighted by Crippen LogP contribution is -2.40. The van der Waals surface area contributed by atoms with Gasteiger partial charge in [-0.1, -0.05) is 59.6 Å². The molecule has 4 aromatic rings. The van der Waals surface area contributed by atoms with Crippen LogP contribution in [0.1, 0.15) is 53.5 Å². The molecular weight excluding hydrogens is 675 g/mol. The summed E-state index contributed by atoms with van der Waals surface area (Å²) >= 11 is 12.3. The average molecular weight is 712 g/mol. The van der Waals surface area contributed by atoms with Crippen molar-refractivity contribution in [3.8, 4) is 0 Å². The molecule has 1 heterocycles. The van der Waals surface area contributed by atoms with Crippen LogP contribution in [0.4, 0.5) is 5.69 Å². The maximum Gasteiger partial charge on any atom is 0.327 e. The third-order valence-corrected chi connectivity index (χ3v) is 9.90. The first-order valence-electron chi connectivity index (χ1n) is 15.4. The topological polar surface area (TPSA) is 110 Å². The van der Waals surface area contributed by atoms with Gasteiger partial charge in [0.15, 0.2) is 5.78 Å². The van der Waals surface area contributed by atoms with Crippen molar-refractivity contribution in [1.82, 2.24) is 4.90 Å². The van der Waals surface area contributed by atoms with Gasteiger partial charge in [-0.25, -0.2) is 8.42 Å². The van der Waals surface area contributed by atoms with E-state index in [4.69, 9.17) is 32.7 Å². The molecule has 4 aromatic carbocycles. The van der Waals surface area contributed by atoms with Crippen LogP contribution in [0.25, 0.3) is 10.8 Å². The number of benzene rings is 4. The molecule has 0 radical (unpaired) electrons. The first kappa shape index (κ1) is 35.3. The number of sulfonamides is 1. The zero-order chi connectivity index (χ0) is 34.6. The number of aryl methyl sites for hydroxylation is 1. The van der Waals surface area contributed by atoms with Crippen LogP contribution < -0.4 is 4.31 Å². The number of amides is 1. The molecule has 9 nitrogen and oxygen atoms in total. The highest BCUT2D eigenvalue weighted by atomic mass is 35.5. The minimum Gasteiger partial charge on any atom is -0.459 e. The number of halogens is 2. The molecule has 252 valence electrons. The Kier molecular flexibility index (Phi) is 10.8. The Morgan fingerprint density at radius 1 is 0.896 bits per heavy atom. The van der Waals surface area contributed by atoms with Crippen LogP contribution in [-0.4, -0.2) is 69.4 Å². The van der Waals surface area contributed by atoms with Crippen molar-refractivity contribution in [1.29, 1.82) is 0 Å². The molecule has 0 aliphatic carbocycles. The third-order valence-electron chi connectivity index (χ3n) is 7.71. The SMILES string of the molecule is CC(C)(C)OC(=O)CN(c1ccc2c(C(=O)CCc3ccc(C(=O)N4CCOCC4)cc3)cccc2c1)S(=O)(=O)c1cc(Cl)cc(Cl)c1. The van der Waals surface area contributed by atoms with Crippen LogP contribution >= 0.6 is 23.2 Å². The highest BCUT2D eigenvalue weighted by Gasteiger charge is 2.30. The fourth-order valence-corrected chi connectivity index (χ4v) is 7.56. The van der Waals surface area contributed by atoms with E-state index in [-0.39, 0.29) is 38.7 Å². The minimum absolute atomic E-state index is 0.0372. The van der Waals surface area contributed by atoms with Gasteiger partial charge in [0, 0.05) is 40.7 Å². The van der Waals surface area contributed by atoms with Gasteiger partial charge < -0.3 is 14.4 Å². The van der Waals surface area contributed by atoms with Gasteiger partial charge >= 0.3 is 5.97 Å². The lowest BCUT2D eigenvalue weighted by Gasteiger charge is -2.27. The molecule has 5 rings (SSSR count). The van der Waals surface area contributed by atoms with E-state index in [1.54, 1.807) is 74.2 Å². The number of carbonyl (C=O) groups excluding carboxylic acids is 3. The molecule has 12 heteroatoms. The molecule has 1 aliphatic rings. The minimum atomic E-state index is -4.33. The lowest BCUT2D eigenvalue weighted by atomic mass is 9.97. The number of anilines is 1. The molecule has 0 unspecified atom stereocenters. The normalized spacial score (nSPS) is 13.7. The number of esters is 1. The Balaban J connectivity index is 1.38. The van der Waals surface area contributed by atoms with Gasteiger partial charge in [-0.15, -0.1) is 0 Å². The standard InChI is InChI=1S/C36H36Cl2N2O7S/c1-36(2,3)47-34(42)23-40(48(44,45)30-21-27(37)20-28(38)22-30)29-12-13-31-26(19-29)5-4-6-32(31)33(41)14-9-24-7-10-25(11-8-24)35(43)39-15-17-46-18-16-39/h4-8,10-13,19-22H,9,14-18,23H2,1-3H3. The van der Waals surface area contributed by atoms with Gasteiger partial charge in [0.25, 0.3) is 15.9 Å². The van der Waals surface area contributed by atoms with Crippen molar-refractivity contribution >= 4 is 67.3 Å². The van der Waals surface area contributed by atoms with E-state index in [0.717, 1.165) is 9.87 Å². The van der Waals surface area contributed by atoms with Crippen LogP contribution in [0.5, 0.6) is 0 Å². The van der Waals surface area contributed by atoms with Crippen LogP contribution in [0.3, 0.4) is 0 Å². The summed E-state index contributed by atoms with van der Waals surface area (Å²) < 4.78 is 39.6. The van der Waals surface area contributed by atoms with Gasteiger partial charge in [-0.2, -0.15) is 0 Å². The van der Waals surface area contributed by atoms with Crippen LogP contribution in [0.15, 0.2) is 83.8 Å². The zero-order valence-corrected chi connectivity index (χ0v) is 29.2. The fraction of sp³-hybridized carbons (Fsp3) is 0.306. The lowest BCUT2D eigenvalue weighted by molar-refractivity contribution is -0.152. The third kappa shape index (κ3) is 8.54. The predicted octanol–water partition coefficient (Wildman–Crippen LogP) is 6.97. The van der Waals surface area contributed by atoms with Gasteiger partial charge in [0.2, 0.25) is 0 Å². The second-order valence-corrected chi connectivity index (χ2v) is 15.2. The summed E-state index contributed by atoms with van der Waals surface area (Å²) in [7, 11) is -4.33. The number of ether oxygens (including phenoxy) is 2. The number of carbonyl (C=O) groups is 3. The van der Waals surface area contributed by atoms with Crippen LogP contribution in [0.2, 0.25) is 10.0 Å². The summed E-state index contributed by atoms with van der Waals surface area (Å²) in [5.41, 5.74) is 1.36. The second kappa shape index (κ2) is 14.7. The zero-order valence-electron chi connectivity index (χ0n) is 26.9. The van der Waals surface area contributed by atoms with E-state index in [2.05, 4.69) is 0 Å². The Labute approximate surface area is 290 Å². The molecule has 0 atom stereocenters. The summed E-state index contributed by atoms with van der Waals surface area (Å²) in [6.07, 6.45) is 0.704. The average Bonchev–Trinajstić information content (AvgIpc) is 3.04. The molecule has 0 aromatic heterocycles. The van der Waals surface area contributed by atoms with Gasteiger partial charge in [0.05, 0.1) is 23.8 Å². The van der Waals surface area contributed by atoms with E-state index < -0.39 is 28.1 Å². The smallest absolute Gasteiger partial charge is 0.327 e. The molecule has 1 amide bonds. The fourth-order valence-electron chi connectivity index (χ4n) is 5.44. The first-order chi connectivity index (χ1) is 22.7. The molecule has 1 aliphatic heterocycles. The number of ketones is 1. The van der Waals surface area contributed by atoms with Crippen molar-refractivity contribution in [2.75, 3.05) is 37.2 Å². The molecular formula is C36H36Cl2N2O7S. The van der Waals surface area contributed by atoms with Crippen LogP contribution in [-0.2, 0) is 30.7 Å². The van der Waals surface area contributed by atoms with Gasteiger partial charge in [-0.05, 0) is 86.0 Å². The second-order valence-electron chi connectivity index (χ2n) is 12.4. The summed E-state index contributed by atoms with van der Waals surface area (Å²) in [5.74, 6) is -0.875. The van der Waals surface area contributed by atoms with E-state index in [9.17, 15) is 22.8 Å². The van der Waals surface area contributed by atoms with Crippen molar-refractivity contribution < 1.29 is 32.3 Å². The first-order valence-corrected chi connectivity index (χ1v) is 17.6. The van der Waals surface area contributed by atoms with E-state index in [0.29, 0.717) is 54.6 Å². The summed E-state index contributed by atoms with van der Waals surface area (Å²) in [4.78, 5) is 40.7. The Morgan fingerprint density at radius 2 is 1.56 bits per heavy atom. The number of Topliss-reactive ketones (excluding diaryl/α,β-unsaturated/α-hetero) is 1. The molecule has 0 saturated carbocycles. The Morgan fingerprint density at radius 3 is 2.21 bits per heavy atom. The number of rotatable bonds is 10. The molecule has 0 N–H and O–H groups in total. The number of hydrogen-bond donors (Lipinski definition) is 0. The highest BCUT2D eigenvalue weighted by Crippen LogP contribution is 2.32. The predicted molar refractivity (Wildman–Crippen MR) is 187 cm³/mol. The van der Waals surface area contributed by atoms with Crippen molar-refractivity contribution in [2.45, 2.75) is 44.1 Å². The number of morpholine rings is 1. The molecule has 0 spiro atoms. The van der Waals surface area contributed by atoms with E-state index in [1.165, 1.54) is 18.2 Å². The largest absolute Gasteiger partial charge is 0.459 e. The highest BCUT2D eigenvalue weighted by molar-refractivity contribution is 7.92. The van der Waals surface area contributed by atoms with Crippen molar-refractivity contribution in [2.24, 2.45) is 0 Å². The van der Waals surface area contributed by atoms with Gasteiger partial charge in [-0.3, -0.25) is 18.7 Å². The molecule has 1 fully saturated rings. The Bertz CT molecular complexity index is 1930. The van der Waals surface area contributed by atoms with E-state index >= 15 is 0 Å². The van der Waals surface area contributed by atoms with E-state index in [1.807, 2.05) is 12.1 Å². The monoisotopic (exact) mass is 710 g/mol. The number of fused-ring (bicyclic) bond motifs is 1. The number of hydrogen-bond acceptors (Lipinski definition) is 7. The molecule has 48 heavy (non-hydrogen) atoms.